The smallest absolute Gasteiger partial charge is 0.416 e. The number of benzene rings is 4. The topological polar surface area (TPSA) is 141 Å². The summed E-state index contributed by atoms with van der Waals surface area (Å²) >= 11 is 3.57. The van der Waals surface area contributed by atoms with Crippen LogP contribution in [-0.2, 0) is 35.2 Å². The molecule has 5 rings (SSSR count). The molecule has 2 atom stereocenters. The average molecular weight is 756 g/mol. The second-order valence-electron chi connectivity index (χ2n) is 11.3. The average Bonchev–Trinajstić information content (AvgIpc) is 3.48. The molecule has 0 spiro atoms. The number of hydrogen-bond donors (Lipinski definition) is 3. The van der Waals surface area contributed by atoms with Crippen molar-refractivity contribution in [3.63, 3.8) is 0 Å². The predicted molar refractivity (Wildman–Crippen MR) is 180 cm³/mol. The van der Waals surface area contributed by atoms with E-state index in [0.717, 1.165) is 12.1 Å². The van der Waals surface area contributed by atoms with Crippen molar-refractivity contribution >= 4 is 27.7 Å². The SMILES string of the molecule is [N-]=[N+]=NCc1ccccc1C[C@]1(C(=O)NNCc2cc(F)cc(C(F)(F)F)c2)N=C(c2ccc(OCCCO)cc2)O[C@H]1c1ccccc1Br. The van der Waals surface area contributed by atoms with E-state index in [-0.39, 0.29) is 37.6 Å². The molecule has 50 heavy (non-hydrogen) atoms. The number of rotatable bonds is 14. The second kappa shape index (κ2) is 16.2. The third-order valence-electron chi connectivity index (χ3n) is 7.88. The van der Waals surface area contributed by atoms with E-state index in [1.54, 1.807) is 72.8 Å². The Hall–Kier alpha value is -4.95. The lowest BCUT2D eigenvalue weighted by molar-refractivity contribution is -0.138. The summed E-state index contributed by atoms with van der Waals surface area (Å²) in [5.74, 6) is -1.08. The largest absolute Gasteiger partial charge is 0.494 e. The molecule has 0 aromatic heterocycles. The van der Waals surface area contributed by atoms with Crippen LogP contribution in [0.3, 0.4) is 0 Å². The van der Waals surface area contributed by atoms with Crippen LogP contribution < -0.4 is 15.6 Å². The highest BCUT2D eigenvalue weighted by molar-refractivity contribution is 9.10. The molecule has 15 heteroatoms. The third kappa shape index (κ3) is 8.61. The van der Waals surface area contributed by atoms with Gasteiger partial charge in [-0.2, -0.15) is 13.2 Å². The molecule has 0 radical (unpaired) electrons. The van der Waals surface area contributed by atoms with Crippen LogP contribution in [0.1, 0.15) is 45.9 Å². The maximum Gasteiger partial charge on any atom is 0.416 e. The molecule has 0 fully saturated rings. The highest BCUT2D eigenvalue weighted by Gasteiger charge is 2.54. The van der Waals surface area contributed by atoms with Crippen molar-refractivity contribution in [1.29, 1.82) is 0 Å². The Kier molecular flexibility index (Phi) is 11.8. The van der Waals surface area contributed by atoms with Crippen LogP contribution >= 0.6 is 15.9 Å². The number of hydrogen-bond acceptors (Lipinski definition) is 7. The number of azide groups is 1. The van der Waals surface area contributed by atoms with Crippen molar-refractivity contribution in [2.45, 2.75) is 43.8 Å². The summed E-state index contributed by atoms with van der Waals surface area (Å²) in [5, 5.41) is 12.8. The lowest BCUT2D eigenvalue weighted by atomic mass is 9.81. The van der Waals surface area contributed by atoms with E-state index in [0.29, 0.717) is 51.6 Å². The van der Waals surface area contributed by atoms with E-state index >= 15 is 0 Å². The Bertz CT molecular complexity index is 1900. The number of ether oxygens (including phenoxy) is 2. The van der Waals surface area contributed by atoms with Crippen LogP contribution in [0.2, 0.25) is 0 Å². The molecule has 4 aromatic rings. The van der Waals surface area contributed by atoms with Crippen LogP contribution in [0.25, 0.3) is 10.4 Å². The number of aliphatic hydroxyl groups is 1. The lowest BCUT2D eigenvalue weighted by Gasteiger charge is -2.32. The molecule has 1 aliphatic heterocycles. The Morgan fingerprint density at radius 3 is 2.48 bits per heavy atom. The molecule has 1 heterocycles. The summed E-state index contributed by atoms with van der Waals surface area (Å²) in [6, 6.07) is 23.2. The van der Waals surface area contributed by atoms with Crippen LogP contribution in [0.15, 0.2) is 106 Å². The minimum Gasteiger partial charge on any atom is -0.494 e. The number of halogens is 5. The van der Waals surface area contributed by atoms with E-state index in [9.17, 15) is 22.4 Å². The molecule has 0 aliphatic carbocycles. The molecule has 260 valence electrons. The number of carbonyl (C=O) groups excluding carboxylic acids is 1. The molecular formula is C35H31BrF4N6O4. The second-order valence-corrected chi connectivity index (χ2v) is 12.2. The first-order valence-corrected chi connectivity index (χ1v) is 16.2. The fraction of sp³-hybridized carbons (Fsp3) is 0.257. The quantitative estimate of drug-likeness (QED) is 0.0306. The Morgan fingerprint density at radius 1 is 1.06 bits per heavy atom. The van der Waals surface area contributed by atoms with Gasteiger partial charge in [-0.3, -0.25) is 10.2 Å². The summed E-state index contributed by atoms with van der Waals surface area (Å²) in [6.07, 6.45) is -5.39. The van der Waals surface area contributed by atoms with Crippen molar-refractivity contribution in [2.75, 3.05) is 13.2 Å². The lowest BCUT2D eigenvalue weighted by Crippen LogP contribution is -2.53. The number of nitrogens with zero attached hydrogens (tertiary/aromatic N) is 4. The maximum absolute atomic E-state index is 14.5. The van der Waals surface area contributed by atoms with E-state index < -0.39 is 35.1 Å². The van der Waals surface area contributed by atoms with Gasteiger partial charge in [0.25, 0.3) is 5.91 Å². The van der Waals surface area contributed by atoms with E-state index in [4.69, 9.17) is 25.1 Å². The fourth-order valence-corrected chi connectivity index (χ4v) is 5.97. The van der Waals surface area contributed by atoms with Gasteiger partial charge in [0.05, 0.1) is 18.7 Å². The number of hydrazine groups is 1. The van der Waals surface area contributed by atoms with Crippen molar-refractivity contribution in [3.8, 4) is 5.75 Å². The van der Waals surface area contributed by atoms with Gasteiger partial charge in [-0.1, -0.05) is 63.5 Å². The summed E-state index contributed by atoms with van der Waals surface area (Å²) in [4.78, 5) is 22.3. The van der Waals surface area contributed by atoms with Gasteiger partial charge in [-0.15, -0.1) is 0 Å². The molecular weight excluding hydrogens is 724 g/mol. The molecule has 4 aromatic carbocycles. The van der Waals surface area contributed by atoms with Gasteiger partial charge in [0.15, 0.2) is 11.6 Å². The minimum absolute atomic E-state index is 0.00139. The fourth-order valence-electron chi connectivity index (χ4n) is 5.48. The Labute approximate surface area is 292 Å². The highest BCUT2D eigenvalue weighted by Crippen LogP contribution is 2.45. The molecule has 1 aliphatic rings. The zero-order valence-electron chi connectivity index (χ0n) is 26.3. The van der Waals surface area contributed by atoms with E-state index in [2.05, 4.69) is 36.8 Å². The molecule has 0 unspecified atom stereocenters. The van der Waals surface area contributed by atoms with Crippen molar-refractivity contribution in [2.24, 2.45) is 10.1 Å². The first kappa shape index (κ1) is 36.3. The molecule has 0 saturated heterocycles. The summed E-state index contributed by atoms with van der Waals surface area (Å²) in [6.45, 7) is -0.0410. The Balaban J connectivity index is 1.56. The number of carbonyl (C=O) groups is 1. The van der Waals surface area contributed by atoms with Crippen molar-refractivity contribution in [1.82, 2.24) is 10.9 Å². The van der Waals surface area contributed by atoms with Gasteiger partial charge in [-0.05, 0) is 70.8 Å². The normalized spacial score (nSPS) is 17.0. The number of alkyl halides is 3. The first-order valence-electron chi connectivity index (χ1n) is 15.4. The minimum atomic E-state index is -4.76. The summed E-state index contributed by atoms with van der Waals surface area (Å²) < 4.78 is 66.9. The molecule has 1 amide bonds. The maximum atomic E-state index is 14.5. The van der Waals surface area contributed by atoms with Crippen molar-refractivity contribution in [3.05, 3.63) is 145 Å². The van der Waals surface area contributed by atoms with E-state index in [1.807, 2.05) is 0 Å². The van der Waals surface area contributed by atoms with Gasteiger partial charge in [-0.25, -0.2) is 14.8 Å². The predicted octanol–water partition coefficient (Wildman–Crippen LogP) is 7.50. The summed E-state index contributed by atoms with van der Waals surface area (Å²) in [7, 11) is 0. The number of amides is 1. The van der Waals surface area contributed by atoms with Crippen molar-refractivity contribution < 1.29 is 36.9 Å². The Morgan fingerprint density at radius 2 is 1.78 bits per heavy atom. The van der Waals surface area contributed by atoms with Crippen LogP contribution in [0.5, 0.6) is 5.75 Å². The molecule has 0 saturated carbocycles. The van der Waals surface area contributed by atoms with Gasteiger partial charge in [0.1, 0.15) is 11.6 Å². The molecule has 0 bridgehead atoms. The van der Waals surface area contributed by atoms with Crippen LogP contribution in [-0.4, -0.2) is 35.7 Å². The zero-order valence-corrected chi connectivity index (χ0v) is 27.9. The van der Waals surface area contributed by atoms with E-state index in [1.165, 1.54) is 0 Å². The number of aliphatic imine (C=N–C) groups is 1. The molecule has 10 nitrogen and oxygen atoms in total. The highest BCUT2D eigenvalue weighted by atomic mass is 79.9. The van der Waals surface area contributed by atoms with Gasteiger partial charge in [0, 0.05) is 46.5 Å². The number of nitrogens with one attached hydrogen (secondary N) is 2. The van der Waals surface area contributed by atoms with Crippen LogP contribution in [0.4, 0.5) is 17.6 Å². The zero-order chi connectivity index (χ0) is 35.7. The number of aliphatic hydroxyl groups excluding tert-OH is 1. The summed E-state index contributed by atoms with van der Waals surface area (Å²) in [5.41, 5.74) is 13.7. The molecule has 3 N–H and O–H groups in total. The van der Waals surface area contributed by atoms with Crippen LogP contribution in [0, 0.1) is 5.82 Å². The van der Waals surface area contributed by atoms with Gasteiger partial charge in [0.2, 0.25) is 5.90 Å². The van der Waals surface area contributed by atoms with Gasteiger partial charge >= 0.3 is 6.18 Å². The first-order chi connectivity index (χ1) is 24.0. The van der Waals surface area contributed by atoms with Gasteiger partial charge < -0.3 is 14.6 Å². The monoisotopic (exact) mass is 754 g/mol. The third-order valence-corrected chi connectivity index (χ3v) is 8.60. The standard InChI is InChI=1S/C35H31BrF4N6O4/c36-30-9-4-3-8-29(30)31-34(19-24-6-1-2-7-25(24)21-43-46-41,44-32(50-31)23-10-12-28(13-11-23)49-15-5-14-47)33(48)45-42-20-22-16-26(35(38,39)40)18-27(37)17-22/h1-4,6-13,16-18,31,42,47H,5,14-15,19-21H2,(H,45,48)/t31-,34-/m0/s1.